The minimum atomic E-state index is 0.140. The highest BCUT2D eigenvalue weighted by molar-refractivity contribution is 5.80. The number of fused-ring (bicyclic) bond motifs is 1. The van der Waals surface area contributed by atoms with E-state index in [0.29, 0.717) is 25.5 Å². The van der Waals surface area contributed by atoms with Gasteiger partial charge in [-0.05, 0) is 63.1 Å². The van der Waals surface area contributed by atoms with Crippen LogP contribution in [0.15, 0.2) is 17.1 Å². The van der Waals surface area contributed by atoms with E-state index in [2.05, 4.69) is 30.5 Å². The number of guanidine groups is 1. The van der Waals surface area contributed by atoms with Crippen LogP contribution in [-0.4, -0.2) is 49.6 Å². The summed E-state index contributed by atoms with van der Waals surface area (Å²) in [4.78, 5) is 4.73. The van der Waals surface area contributed by atoms with E-state index in [1.54, 1.807) is 0 Å². The average Bonchev–Trinajstić information content (AvgIpc) is 3.19. The summed E-state index contributed by atoms with van der Waals surface area (Å²) in [6.07, 6.45) is 5.73. The Kier molecular flexibility index (Phi) is 7.35. The van der Waals surface area contributed by atoms with E-state index in [1.807, 2.05) is 6.07 Å². The molecule has 1 aliphatic carbocycles. The first kappa shape index (κ1) is 20.0. The van der Waals surface area contributed by atoms with Crippen molar-refractivity contribution >= 4 is 5.96 Å². The Morgan fingerprint density at radius 3 is 3.00 bits per heavy atom. The number of phenolic OH excluding ortho intramolecular Hbond substituents is 1. The SMILES string of the molecule is CCNC(=NCc1c(O)ccc2c1CCCC2)NC(C)COC1CCOC1. The molecule has 0 amide bonds. The van der Waals surface area contributed by atoms with Gasteiger partial charge in [0.1, 0.15) is 5.75 Å². The molecule has 2 aliphatic rings. The van der Waals surface area contributed by atoms with Crippen molar-refractivity contribution in [2.45, 2.75) is 64.6 Å². The summed E-state index contributed by atoms with van der Waals surface area (Å²) in [5, 5.41) is 17.0. The van der Waals surface area contributed by atoms with E-state index in [4.69, 9.17) is 14.5 Å². The molecule has 6 nitrogen and oxygen atoms in total. The van der Waals surface area contributed by atoms with Gasteiger partial charge in [0.05, 0.1) is 25.9 Å². The van der Waals surface area contributed by atoms with Crippen LogP contribution in [0.25, 0.3) is 0 Å². The highest BCUT2D eigenvalue weighted by atomic mass is 16.5. The zero-order valence-electron chi connectivity index (χ0n) is 16.6. The predicted molar refractivity (Wildman–Crippen MR) is 107 cm³/mol. The van der Waals surface area contributed by atoms with E-state index in [-0.39, 0.29) is 12.1 Å². The number of aromatic hydroxyl groups is 1. The summed E-state index contributed by atoms with van der Waals surface area (Å²) < 4.78 is 11.2. The Labute approximate surface area is 162 Å². The molecule has 2 atom stereocenters. The van der Waals surface area contributed by atoms with Crippen molar-refractivity contribution in [3.05, 3.63) is 28.8 Å². The third-order valence-electron chi connectivity index (χ3n) is 5.22. The lowest BCUT2D eigenvalue weighted by atomic mass is 9.88. The summed E-state index contributed by atoms with van der Waals surface area (Å²) in [7, 11) is 0. The van der Waals surface area contributed by atoms with Crippen LogP contribution < -0.4 is 10.6 Å². The monoisotopic (exact) mass is 375 g/mol. The lowest BCUT2D eigenvalue weighted by Gasteiger charge is -2.21. The molecule has 1 saturated heterocycles. The number of benzene rings is 1. The van der Waals surface area contributed by atoms with Crippen LogP contribution in [0, 0.1) is 0 Å². The second kappa shape index (κ2) is 9.95. The number of aliphatic imine (C=N–C) groups is 1. The van der Waals surface area contributed by atoms with Crippen LogP contribution in [0.3, 0.4) is 0 Å². The molecule has 27 heavy (non-hydrogen) atoms. The highest BCUT2D eigenvalue weighted by Crippen LogP contribution is 2.31. The van der Waals surface area contributed by atoms with Crippen molar-refractivity contribution in [3.63, 3.8) is 0 Å². The molecule has 0 spiro atoms. The largest absolute Gasteiger partial charge is 0.508 e. The summed E-state index contributed by atoms with van der Waals surface area (Å²) in [6.45, 7) is 7.51. The van der Waals surface area contributed by atoms with Gasteiger partial charge in [-0.15, -0.1) is 0 Å². The number of hydrogen-bond donors (Lipinski definition) is 3. The summed E-state index contributed by atoms with van der Waals surface area (Å²) in [5.41, 5.74) is 3.62. The van der Waals surface area contributed by atoms with Gasteiger partial charge in [-0.3, -0.25) is 0 Å². The lowest BCUT2D eigenvalue weighted by Crippen LogP contribution is -2.44. The molecule has 1 heterocycles. The zero-order chi connectivity index (χ0) is 19.1. The van der Waals surface area contributed by atoms with Crippen molar-refractivity contribution in [2.75, 3.05) is 26.4 Å². The average molecular weight is 376 g/mol. The number of nitrogens with one attached hydrogen (secondary N) is 2. The van der Waals surface area contributed by atoms with Crippen LogP contribution in [-0.2, 0) is 28.9 Å². The van der Waals surface area contributed by atoms with E-state index in [0.717, 1.165) is 43.9 Å². The number of hydrogen-bond acceptors (Lipinski definition) is 4. The van der Waals surface area contributed by atoms with Gasteiger partial charge in [0.2, 0.25) is 0 Å². The maximum absolute atomic E-state index is 10.4. The first-order valence-electron chi connectivity index (χ1n) is 10.2. The fourth-order valence-corrected chi connectivity index (χ4v) is 3.75. The molecular weight excluding hydrogens is 342 g/mol. The fraction of sp³-hybridized carbons (Fsp3) is 0.667. The number of ether oxygens (including phenoxy) is 2. The molecule has 3 N–H and O–H groups in total. The minimum absolute atomic E-state index is 0.140. The van der Waals surface area contributed by atoms with Crippen LogP contribution in [0.2, 0.25) is 0 Å². The molecule has 1 aromatic rings. The van der Waals surface area contributed by atoms with Gasteiger partial charge in [-0.2, -0.15) is 0 Å². The molecule has 0 bridgehead atoms. The quantitative estimate of drug-likeness (QED) is 0.504. The molecule has 1 aliphatic heterocycles. The van der Waals surface area contributed by atoms with Crippen LogP contribution in [0.4, 0.5) is 0 Å². The van der Waals surface area contributed by atoms with Crippen molar-refractivity contribution in [2.24, 2.45) is 4.99 Å². The number of aryl methyl sites for hydroxylation is 1. The Bertz CT molecular complexity index is 642. The molecule has 0 aromatic heterocycles. The summed E-state index contributed by atoms with van der Waals surface area (Å²) >= 11 is 0. The standard InChI is InChI=1S/C21H33N3O3/c1-3-22-21(24-15(2)13-27-17-10-11-26-14-17)23-12-19-18-7-5-4-6-16(18)8-9-20(19)25/h8-9,15,17,25H,3-7,10-14H2,1-2H3,(H2,22,23,24). The van der Waals surface area contributed by atoms with Gasteiger partial charge in [-0.25, -0.2) is 4.99 Å². The number of rotatable bonds is 7. The maximum Gasteiger partial charge on any atom is 0.191 e. The fourth-order valence-electron chi connectivity index (χ4n) is 3.75. The number of phenols is 1. The van der Waals surface area contributed by atoms with Crippen molar-refractivity contribution in [3.8, 4) is 5.75 Å². The van der Waals surface area contributed by atoms with E-state index in [1.165, 1.54) is 24.0 Å². The molecule has 150 valence electrons. The van der Waals surface area contributed by atoms with Crippen molar-refractivity contribution < 1.29 is 14.6 Å². The number of nitrogens with zero attached hydrogens (tertiary/aromatic N) is 1. The van der Waals surface area contributed by atoms with E-state index < -0.39 is 0 Å². The van der Waals surface area contributed by atoms with Gasteiger partial charge < -0.3 is 25.2 Å². The molecule has 6 heteroatoms. The van der Waals surface area contributed by atoms with Gasteiger partial charge in [0, 0.05) is 24.8 Å². The summed E-state index contributed by atoms with van der Waals surface area (Å²) in [5.74, 6) is 1.11. The van der Waals surface area contributed by atoms with Crippen LogP contribution >= 0.6 is 0 Å². The Morgan fingerprint density at radius 1 is 1.37 bits per heavy atom. The van der Waals surface area contributed by atoms with Gasteiger partial charge in [-0.1, -0.05) is 6.07 Å². The Balaban J connectivity index is 1.61. The highest BCUT2D eigenvalue weighted by Gasteiger charge is 2.18. The van der Waals surface area contributed by atoms with Crippen molar-refractivity contribution in [1.29, 1.82) is 0 Å². The van der Waals surface area contributed by atoms with Gasteiger partial charge >= 0.3 is 0 Å². The van der Waals surface area contributed by atoms with Gasteiger partial charge in [0.25, 0.3) is 0 Å². The zero-order valence-corrected chi connectivity index (χ0v) is 16.6. The third-order valence-corrected chi connectivity index (χ3v) is 5.22. The first-order valence-corrected chi connectivity index (χ1v) is 10.2. The second-order valence-corrected chi connectivity index (χ2v) is 7.47. The minimum Gasteiger partial charge on any atom is -0.508 e. The molecule has 1 fully saturated rings. The maximum atomic E-state index is 10.4. The smallest absolute Gasteiger partial charge is 0.191 e. The second-order valence-electron chi connectivity index (χ2n) is 7.47. The molecule has 2 unspecified atom stereocenters. The van der Waals surface area contributed by atoms with Gasteiger partial charge in [0.15, 0.2) is 5.96 Å². The molecule has 0 radical (unpaired) electrons. The third kappa shape index (κ3) is 5.59. The Hall–Kier alpha value is -1.79. The molecular formula is C21H33N3O3. The van der Waals surface area contributed by atoms with E-state index in [9.17, 15) is 5.11 Å². The lowest BCUT2D eigenvalue weighted by molar-refractivity contribution is 0.0347. The summed E-state index contributed by atoms with van der Waals surface area (Å²) in [6, 6.07) is 4.02. The van der Waals surface area contributed by atoms with Crippen molar-refractivity contribution in [1.82, 2.24) is 10.6 Å². The predicted octanol–water partition coefficient (Wildman–Crippen LogP) is 2.52. The first-order chi connectivity index (χ1) is 13.2. The normalized spacial score (nSPS) is 21.0. The molecule has 0 saturated carbocycles. The topological polar surface area (TPSA) is 75.1 Å². The molecule has 3 rings (SSSR count). The molecule has 1 aromatic carbocycles. The Morgan fingerprint density at radius 2 is 2.22 bits per heavy atom. The van der Waals surface area contributed by atoms with Crippen LogP contribution in [0.1, 0.15) is 49.8 Å². The van der Waals surface area contributed by atoms with E-state index >= 15 is 0 Å². The van der Waals surface area contributed by atoms with Crippen LogP contribution in [0.5, 0.6) is 5.75 Å².